The van der Waals surface area contributed by atoms with Gasteiger partial charge in [0.2, 0.25) is 0 Å². The van der Waals surface area contributed by atoms with Gasteiger partial charge in [-0.25, -0.2) is 0 Å². The molecule has 0 amide bonds. The molecule has 0 spiro atoms. The summed E-state index contributed by atoms with van der Waals surface area (Å²) < 4.78 is 14.2. The fraction of sp³-hybridized carbons (Fsp3) is 0.403. The summed E-state index contributed by atoms with van der Waals surface area (Å²) >= 11 is 0. The Morgan fingerprint density at radius 3 is 0.770 bits per heavy atom. The van der Waals surface area contributed by atoms with Crippen LogP contribution in [0.1, 0.15) is 199 Å². The zero-order valence-corrected chi connectivity index (χ0v) is 46.9. The largest absolute Gasteiger partial charge is 0.507 e. The number of aromatic hydroxyl groups is 3. The first kappa shape index (κ1) is 53.7. The molecule has 2 aromatic heterocycles. The monoisotopic (exact) mass is 993 g/mol. The summed E-state index contributed by atoms with van der Waals surface area (Å²) in [5.41, 5.74) is 14.1. The smallest absolute Gasteiger partial charge is 0.130 e. The Kier molecular flexibility index (Phi) is 14.7. The van der Waals surface area contributed by atoms with Crippen LogP contribution in [-0.2, 0) is 72.4 Å². The van der Waals surface area contributed by atoms with Gasteiger partial charge in [0.05, 0.1) is 11.4 Å². The highest BCUT2D eigenvalue weighted by Gasteiger charge is 2.29. The standard InChI is InChI=1S/C67H80N2O5/c1-63(2,3)51-29-41-24-43-31-52(64(4,5)6)33-45(59(43)71)26-47-35-54(66(10,11)12)37-49(61(47)73-39-56-20-16-18-22-68-56)28-50-38-55(67(13,14)15)36-48(62(50)74-40-57-21-17-19-23-69-57)27-46-34-53(65(7,8)9)32-44(60(46)72)25-42(30-51)58(41)70/h16-23,29-38,70-72H,24-28,39-40H2,1-15H3. The van der Waals surface area contributed by atoms with Crippen LogP contribution in [0.4, 0.5) is 0 Å². The lowest BCUT2D eigenvalue weighted by molar-refractivity contribution is 0.292. The first-order valence-electron chi connectivity index (χ1n) is 26.5. The van der Waals surface area contributed by atoms with Crippen LogP contribution in [0, 0.1) is 0 Å². The van der Waals surface area contributed by atoms with Crippen LogP contribution >= 0.6 is 0 Å². The van der Waals surface area contributed by atoms with Gasteiger partial charge in [-0.2, -0.15) is 0 Å². The van der Waals surface area contributed by atoms with Crippen molar-refractivity contribution in [2.24, 2.45) is 0 Å². The van der Waals surface area contributed by atoms with Gasteiger partial charge < -0.3 is 24.8 Å². The molecule has 0 saturated heterocycles. The second kappa shape index (κ2) is 20.3. The van der Waals surface area contributed by atoms with Crippen LogP contribution in [0.5, 0.6) is 28.7 Å². The molecule has 10 bridgehead atoms. The molecule has 1 aliphatic carbocycles. The van der Waals surface area contributed by atoms with Crippen molar-refractivity contribution >= 4 is 0 Å². The lowest BCUT2D eigenvalue weighted by atomic mass is 9.79. The third-order valence-electron chi connectivity index (χ3n) is 14.7. The molecular weight excluding hydrogens is 913 g/mol. The van der Waals surface area contributed by atoms with Crippen LogP contribution < -0.4 is 9.47 Å². The maximum atomic E-state index is 12.7. The number of ether oxygens (including phenoxy) is 2. The number of nitrogens with zero attached hydrogens (tertiary/aromatic N) is 2. The van der Waals surface area contributed by atoms with E-state index in [1.165, 1.54) is 0 Å². The van der Waals surface area contributed by atoms with E-state index in [0.29, 0.717) is 32.1 Å². The normalized spacial score (nSPS) is 13.6. The first-order valence-corrected chi connectivity index (χ1v) is 26.5. The predicted octanol–water partition coefficient (Wildman–Crippen LogP) is 15.5. The average Bonchev–Trinajstić information content (AvgIpc) is 3.30. The van der Waals surface area contributed by atoms with E-state index in [0.717, 1.165) is 106 Å². The molecule has 0 unspecified atom stereocenters. The third kappa shape index (κ3) is 12.2. The van der Waals surface area contributed by atoms with Gasteiger partial charge in [0.25, 0.3) is 0 Å². The van der Waals surface area contributed by atoms with Gasteiger partial charge in [0.1, 0.15) is 42.0 Å². The molecule has 5 aromatic carbocycles. The highest BCUT2D eigenvalue weighted by atomic mass is 16.5. The van der Waals surface area contributed by atoms with Crippen molar-refractivity contribution in [3.8, 4) is 28.7 Å². The Hall–Kier alpha value is -6.60. The summed E-state index contributed by atoms with van der Waals surface area (Å²) in [5, 5.41) is 38.1. The van der Waals surface area contributed by atoms with Crippen molar-refractivity contribution in [2.75, 3.05) is 0 Å². The van der Waals surface area contributed by atoms with Crippen LogP contribution in [0.3, 0.4) is 0 Å². The summed E-state index contributed by atoms with van der Waals surface area (Å²) in [7, 11) is 0. The molecular formula is C67H80N2O5. The molecule has 7 aromatic rings. The summed E-state index contributed by atoms with van der Waals surface area (Å²) in [4.78, 5) is 9.35. The van der Waals surface area contributed by atoms with E-state index in [-0.39, 0.29) is 57.5 Å². The fourth-order valence-electron chi connectivity index (χ4n) is 9.94. The summed E-state index contributed by atoms with van der Waals surface area (Å²) in [6, 6.07) is 33.6. The molecule has 0 atom stereocenters. The maximum absolute atomic E-state index is 12.7. The molecule has 0 fully saturated rings. The second-order valence-corrected chi connectivity index (χ2v) is 26.0. The van der Waals surface area contributed by atoms with E-state index in [2.05, 4.69) is 174 Å². The Morgan fingerprint density at radius 1 is 0.338 bits per heavy atom. The number of phenolic OH excluding ortho intramolecular Hbond substituents is 3. The van der Waals surface area contributed by atoms with Crippen molar-refractivity contribution in [1.29, 1.82) is 0 Å². The van der Waals surface area contributed by atoms with E-state index in [9.17, 15) is 15.3 Å². The lowest BCUT2D eigenvalue weighted by Crippen LogP contribution is -2.17. The molecule has 7 nitrogen and oxygen atoms in total. The lowest BCUT2D eigenvalue weighted by Gasteiger charge is -2.28. The van der Waals surface area contributed by atoms with E-state index in [4.69, 9.17) is 9.47 Å². The van der Waals surface area contributed by atoms with E-state index in [1.54, 1.807) is 12.4 Å². The van der Waals surface area contributed by atoms with E-state index >= 15 is 0 Å². The van der Waals surface area contributed by atoms with Gasteiger partial charge in [-0.15, -0.1) is 0 Å². The Bertz CT molecular complexity index is 2970. The van der Waals surface area contributed by atoms with Crippen molar-refractivity contribution < 1.29 is 24.8 Å². The average molecular weight is 993 g/mol. The number of fused-ring (bicyclic) bond motifs is 10. The minimum atomic E-state index is -0.269. The SMILES string of the molecule is CC(C)(C)c1cc2c(O)c(c1)Cc1cc(C(C)(C)C)cc(c1O)Cc1cc(C(C)(C)C)cc(c1OCc1ccccn1)Cc1cc(C(C)(C)C)cc(c1OCc1ccccn1)Cc1cc(C(C)(C)C)cc(c1O)C2. The first-order chi connectivity index (χ1) is 34.5. The van der Waals surface area contributed by atoms with Crippen LogP contribution in [0.15, 0.2) is 109 Å². The number of pyridine rings is 2. The number of phenols is 3. The molecule has 1 aliphatic rings. The van der Waals surface area contributed by atoms with Gasteiger partial charge in [0, 0.05) is 44.5 Å². The van der Waals surface area contributed by atoms with E-state index < -0.39 is 0 Å². The third-order valence-corrected chi connectivity index (χ3v) is 14.7. The van der Waals surface area contributed by atoms with Gasteiger partial charge in [-0.3, -0.25) is 9.97 Å². The molecule has 3 N–H and O–H groups in total. The van der Waals surface area contributed by atoms with Gasteiger partial charge in [-0.05, 0) is 135 Å². The molecule has 8 rings (SSSR count). The number of aromatic nitrogens is 2. The molecule has 7 heteroatoms. The van der Waals surface area contributed by atoms with E-state index in [1.807, 2.05) is 36.4 Å². The topological polar surface area (TPSA) is 105 Å². The van der Waals surface area contributed by atoms with Crippen molar-refractivity contribution in [3.05, 3.63) is 204 Å². The van der Waals surface area contributed by atoms with Crippen molar-refractivity contribution in [2.45, 2.75) is 176 Å². The van der Waals surface area contributed by atoms with Crippen molar-refractivity contribution in [1.82, 2.24) is 9.97 Å². The molecule has 0 saturated carbocycles. The summed E-state index contributed by atoms with van der Waals surface area (Å²) in [5.74, 6) is 2.02. The minimum absolute atomic E-state index is 0.164. The zero-order valence-electron chi connectivity index (χ0n) is 46.9. The van der Waals surface area contributed by atoms with Gasteiger partial charge in [-0.1, -0.05) is 177 Å². The quantitative estimate of drug-likeness (QED) is 0.152. The molecule has 74 heavy (non-hydrogen) atoms. The number of hydrogen-bond acceptors (Lipinski definition) is 7. The summed E-state index contributed by atoms with van der Waals surface area (Å²) in [6.45, 7) is 33.7. The van der Waals surface area contributed by atoms with Gasteiger partial charge >= 0.3 is 0 Å². The minimum Gasteiger partial charge on any atom is -0.507 e. The zero-order chi connectivity index (χ0) is 53.7. The van der Waals surface area contributed by atoms with Crippen LogP contribution in [0.2, 0.25) is 0 Å². The maximum Gasteiger partial charge on any atom is 0.130 e. The summed E-state index contributed by atoms with van der Waals surface area (Å²) in [6.07, 6.45) is 5.42. The molecule has 0 aliphatic heterocycles. The fourth-order valence-corrected chi connectivity index (χ4v) is 9.94. The Morgan fingerprint density at radius 2 is 0.554 bits per heavy atom. The second-order valence-electron chi connectivity index (χ2n) is 26.0. The highest BCUT2D eigenvalue weighted by molar-refractivity contribution is 5.60. The highest BCUT2D eigenvalue weighted by Crippen LogP contribution is 2.45. The molecule has 0 radical (unpaired) electrons. The van der Waals surface area contributed by atoms with Crippen molar-refractivity contribution in [3.63, 3.8) is 0 Å². The molecule has 388 valence electrons. The number of rotatable bonds is 6. The Labute approximate surface area is 442 Å². The van der Waals surface area contributed by atoms with Gasteiger partial charge in [0.15, 0.2) is 0 Å². The Balaban J connectivity index is 1.50. The number of hydrogen-bond donors (Lipinski definition) is 3. The number of benzene rings is 5. The van der Waals surface area contributed by atoms with Crippen LogP contribution in [-0.4, -0.2) is 25.3 Å². The molecule has 2 heterocycles. The van der Waals surface area contributed by atoms with Crippen LogP contribution in [0.25, 0.3) is 0 Å². The predicted molar refractivity (Wildman–Crippen MR) is 302 cm³/mol.